The van der Waals surface area contributed by atoms with Crippen LogP contribution < -0.4 is 10.6 Å². The van der Waals surface area contributed by atoms with Crippen molar-refractivity contribution in [2.45, 2.75) is 6.92 Å². The molecule has 0 aliphatic carbocycles. The minimum Gasteiger partial charge on any atom is -0.354 e. The van der Waals surface area contributed by atoms with E-state index in [0.29, 0.717) is 0 Å². The molecule has 124 valence electrons. The SMILES string of the molecule is Cc1ccc(Nc2ccccc2NC(=O)C=Cc2ccccc2)cc1. The van der Waals surface area contributed by atoms with Gasteiger partial charge in [-0.1, -0.05) is 60.2 Å². The van der Waals surface area contributed by atoms with Gasteiger partial charge in [-0.25, -0.2) is 0 Å². The van der Waals surface area contributed by atoms with Gasteiger partial charge < -0.3 is 10.6 Å². The first-order valence-corrected chi connectivity index (χ1v) is 8.17. The number of para-hydroxylation sites is 2. The molecule has 0 aromatic heterocycles. The lowest BCUT2D eigenvalue weighted by molar-refractivity contribution is -0.111. The first kappa shape index (κ1) is 16.5. The Bertz CT molecular complexity index is 868. The Morgan fingerprint density at radius 3 is 2.16 bits per heavy atom. The van der Waals surface area contributed by atoms with Gasteiger partial charge >= 0.3 is 0 Å². The van der Waals surface area contributed by atoms with Crippen LogP contribution in [0.25, 0.3) is 6.08 Å². The van der Waals surface area contributed by atoms with Crippen LogP contribution in [-0.2, 0) is 4.79 Å². The summed E-state index contributed by atoms with van der Waals surface area (Å²) in [4.78, 5) is 12.2. The maximum atomic E-state index is 12.2. The zero-order chi connectivity index (χ0) is 17.5. The van der Waals surface area contributed by atoms with Crippen LogP contribution in [0.5, 0.6) is 0 Å². The fourth-order valence-corrected chi connectivity index (χ4v) is 2.40. The predicted octanol–water partition coefficient (Wildman–Crippen LogP) is 5.39. The average Bonchev–Trinajstić information content (AvgIpc) is 2.64. The first-order chi connectivity index (χ1) is 12.2. The van der Waals surface area contributed by atoms with Crippen molar-refractivity contribution >= 4 is 29.0 Å². The maximum absolute atomic E-state index is 12.2. The standard InChI is InChI=1S/C22H20N2O/c1-17-11-14-19(15-12-17)23-20-9-5-6-10-21(20)24-22(25)16-13-18-7-3-2-4-8-18/h2-16,23H,1H3,(H,24,25). The highest BCUT2D eigenvalue weighted by molar-refractivity contribution is 6.04. The van der Waals surface area contributed by atoms with Crippen molar-refractivity contribution in [3.63, 3.8) is 0 Å². The van der Waals surface area contributed by atoms with Gasteiger partial charge in [-0.3, -0.25) is 4.79 Å². The van der Waals surface area contributed by atoms with E-state index in [1.807, 2.05) is 78.9 Å². The van der Waals surface area contributed by atoms with Gasteiger partial charge in [0.15, 0.2) is 0 Å². The number of aryl methyl sites for hydroxylation is 1. The predicted molar refractivity (Wildman–Crippen MR) is 105 cm³/mol. The summed E-state index contributed by atoms with van der Waals surface area (Å²) in [6.45, 7) is 2.05. The highest BCUT2D eigenvalue weighted by Gasteiger charge is 2.04. The van der Waals surface area contributed by atoms with Gasteiger partial charge in [0.25, 0.3) is 0 Å². The van der Waals surface area contributed by atoms with Crippen molar-refractivity contribution in [1.29, 1.82) is 0 Å². The van der Waals surface area contributed by atoms with Crippen molar-refractivity contribution in [3.05, 3.63) is 96.1 Å². The van der Waals surface area contributed by atoms with Crippen molar-refractivity contribution in [1.82, 2.24) is 0 Å². The molecule has 25 heavy (non-hydrogen) atoms. The number of amides is 1. The van der Waals surface area contributed by atoms with Crippen LogP contribution in [0, 0.1) is 6.92 Å². The van der Waals surface area contributed by atoms with E-state index < -0.39 is 0 Å². The molecule has 0 heterocycles. The Morgan fingerprint density at radius 1 is 0.800 bits per heavy atom. The molecule has 2 N–H and O–H groups in total. The van der Waals surface area contributed by atoms with E-state index in [1.54, 1.807) is 6.08 Å². The van der Waals surface area contributed by atoms with E-state index in [1.165, 1.54) is 11.6 Å². The summed E-state index contributed by atoms with van der Waals surface area (Å²) in [5.74, 6) is -0.165. The van der Waals surface area contributed by atoms with Crippen LogP contribution in [0.2, 0.25) is 0 Å². The summed E-state index contributed by atoms with van der Waals surface area (Å²) in [5.41, 5.74) is 4.77. The molecular weight excluding hydrogens is 308 g/mol. The lowest BCUT2D eigenvalue weighted by Gasteiger charge is -2.12. The zero-order valence-corrected chi connectivity index (χ0v) is 14.1. The number of benzene rings is 3. The maximum Gasteiger partial charge on any atom is 0.248 e. The topological polar surface area (TPSA) is 41.1 Å². The number of carbonyl (C=O) groups excluding carboxylic acids is 1. The number of nitrogens with one attached hydrogen (secondary N) is 2. The molecule has 0 fully saturated rings. The van der Waals surface area contributed by atoms with Crippen molar-refractivity contribution in [2.75, 3.05) is 10.6 Å². The Kier molecular flexibility index (Phi) is 5.27. The number of rotatable bonds is 5. The summed E-state index contributed by atoms with van der Waals surface area (Å²) in [5, 5.41) is 6.26. The average molecular weight is 328 g/mol. The van der Waals surface area contributed by atoms with Gasteiger partial charge in [0.1, 0.15) is 0 Å². The molecule has 1 amide bonds. The Balaban J connectivity index is 1.71. The second-order valence-corrected chi connectivity index (χ2v) is 5.77. The van der Waals surface area contributed by atoms with E-state index in [0.717, 1.165) is 22.6 Å². The molecule has 0 saturated heterocycles. The molecule has 3 heteroatoms. The molecule has 3 aromatic rings. The minimum atomic E-state index is -0.165. The van der Waals surface area contributed by atoms with Crippen molar-refractivity contribution in [3.8, 4) is 0 Å². The third-order valence-corrected chi connectivity index (χ3v) is 3.74. The number of hydrogen-bond acceptors (Lipinski definition) is 2. The lowest BCUT2D eigenvalue weighted by Crippen LogP contribution is -2.09. The van der Waals surface area contributed by atoms with Gasteiger partial charge in [-0.15, -0.1) is 0 Å². The summed E-state index contributed by atoms with van der Waals surface area (Å²) >= 11 is 0. The molecule has 0 saturated carbocycles. The summed E-state index contributed by atoms with van der Waals surface area (Å²) in [7, 11) is 0. The Hall–Kier alpha value is -3.33. The number of carbonyl (C=O) groups is 1. The monoisotopic (exact) mass is 328 g/mol. The van der Waals surface area contributed by atoms with Gasteiger partial charge in [0.2, 0.25) is 5.91 Å². The fraction of sp³-hybridized carbons (Fsp3) is 0.0455. The quantitative estimate of drug-likeness (QED) is 0.616. The molecule has 3 rings (SSSR count). The number of anilines is 3. The van der Waals surface area contributed by atoms with Crippen LogP contribution in [0.1, 0.15) is 11.1 Å². The van der Waals surface area contributed by atoms with Crippen LogP contribution in [0.4, 0.5) is 17.1 Å². The molecule has 0 aliphatic heterocycles. The molecular formula is C22H20N2O. The first-order valence-electron chi connectivity index (χ1n) is 8.17. The van der Waals surface area contributed by atoms with E-state index in [9.17, 15) is 4.79 Å². The van der Waals surface area contributed by atoms with Gasteiger partial charge in [-0.2, -0.15) is 0 Å². The molecule has 3 nitrogen and oxygen atoms in total. The molecule has 0 spiro atoms. The smallest absolute Gasteiger partial charge is 0.248 e. The molecule has 3 aromatic carbocycles. The van der Waals surface area contributed by atoms with E-state index in [2.05, 4.69) is 17.6 Å². The summed E-state index contributed by atoms with van der Waals surface area (Å²) in [6, 6.07) is 25.5. The molecule has 0 radical (unpaired) electrons. The van der Waals surface area contributed by atoms with Crippen LogP contribution in [0.15, 0.2) is 84.9 Å². The van der Waals surface area contributed by atoms with Gasteiger partial charge in [-0.05, 0) is 42.8 Å². The van der Waals surface area contributed by atoms with Crippen molar-refractivity contribution < 1.29 is 4.79 Å². The zero-order valence-electron chi connectivity index (χ0n) is 14.1. The third kappa shape index (κ3) is 4.82. The van der Waals surface area contributed by atoms with E-state index >= 15 is 0 Å². The number of hydrogen-bond donors (Lipinski definition) is 2. The third-order valence-electron chi connectivity index (χ3n) is 3.74. The van der Waals surface area contributed by atoms with Crippen LogP contribution >= 0.6 is 0 Å². The lowest BCUT2D eigenvalue weighted by atomic mass is 10.2. The Labute approximate surface area is 148 Å². The largest absolute Gasteiger partial charge is 0.354 e. The summed E-state index contributed by atoms with van der Waals surface area (Å²) < 4.78 is 0. The second kappa shape index (κ2) is 7.97. The Morgan fingerprint density at radius 2 is 1.44 bits per heavy atom. The molecule has 0 unspecified atom stereocenters. The molecule has 0 aliphatic rings. The van der Waals surface area contributed by atoms with Crippen LogP contribution in [-0.4, -0.2) is 5.91 Å². The normalized spacial score (nSPS) is 10.6. The highest BCUT2D eigenvalue weighted by atomic mass is 16.1. The summed E-state index contributed by atoms with van der Waals surface area (Å²) in [6.07, 6.45) is 3.34. The van der Waals surface area contributed by atoms with Gasteiger partial charge in [0, 0.05) is 11.8 Å². The van der Waals surface area contributed by atoms with Crippen molar-refractivity contribution in [2.24, 2.45) is 0 Å². The molecule has 0 bridgehead atoms. The fourth-order valence-electron chi connectivity index (χ4n) is 2.40. The van der Waals surface area contributed by atoms with E-state index in [4.69, 9.17) is 0 Å². The van der Waals surface area contributed by atoms with Gasteiger partial charge in [0.05, 0.1) is 11.4 Å². The minimum absolute atomic E-state index is 0.165. The molecule has 0 atom stereocenters. The van der Waals surface area contributed by atoms with Crippen LogP contribution in [0.3, 0.4) is 0 Å². The second-order valence-electron chi connectivity index (χ2n) is 5.77. The van der Waals surface area contributed by atoms with E-state index in [-0.39, 0.29) is 5.91 Å². The highest BCUT2D eigenvalue weighted by Crippen LogP contribution is 2.25.